The standard InChI is InChI=1S/C11H12N3O4S2/c1-19(15,16)8-9-7-12-14(13-9)10-3-5-11(6-4-10)20(2,17)18/h3-8H,1-2H3. The molecule has 9 heteroatoms. The molecule has 1 radical (unpaired) electrons. The first-order valence-electron chi connectivity index (χ1n) is 5.43. The minimum atomic E-state index is -3.29. The highest BCUT2D eigenvalue weighted by molar-refractivity contribution is 7.92. The number of aromatic nitrogens is 3. The van der Waals surface area contributed by atoms with E-state index >= 15 is 0 Å². The zero-order valence-corrected chi connectivity index (χ0v) is 12.4. The van der Waals surface area contributed by atoms with Crippen molar-refractivity contribution >= 4 is 19.7 Å². The number of rotatable bonds is 4. The SMILES string of the molecule is CS(=O)(=O)[CH]c1cnn(-c2ccc(S(C)(=O)=O)cc2)n1. The molecule has 2 rings (SSSR count). The van der Waals surface area contributed by atoms with E-state index in [4.69, 9.17) is 0 Å². The lowest BCUT2D eigenvalue weighted by molar-refractivity contribution is 0.601. The van der Waals surface area contributed by atoms with Gasteiger partial charge in [0.25, 0.3) is 0 Å². The number of hydrogen-bond donors (Lipinski definition) is 0. The van der Waals surface area contributed by atoms with Crippen molar-refractivity contribution in [2.45, 2.75) is 4.90 Å². The molecule has 0 aliphatic heterocycles. The summed E-state index contributed by atoms with van der Waals surface area (Å²) in [7, 11) is -6.55. The van der Waals surface area contributed by atoms with E-state index in [1.165, 1.54) is 23.1 Å². The van der Waals surface area contributed by atoms with Crippen molar-refractivity contribution < 1.29 is 16.8 Å². The van der Waals surface area contributed by atoms with Crippen molar-refractivity contribution in [2.75, 3.05) is 12.5 Å². The first-order valence-corrected chi connectivity index (χ1v) is 9.27. The van der Waals surface area contributed by atoms with E-state index in [1.54, 1.807) is 12.1 Å². The molecule has 2 aromatic rings. The molecule has 0 saturated carbocycles. The summed E-state index contributed by atoms with van der Waals surface area (Å²) in [5.74, 6) is 1.00. The second-order valence-electron chi connectivity index (χ2n) is 4.27. The zero-order chi connectivity index (χ0) is 15.0. The summed E-state index contributed by atoms with van der Waals surface area (Å²) in [6, 6.07) is 5.96. The van der Waals surface area contributed by atoms with Gasteiger partial charge in [-0.1, -0.05) is 0 Å². The lowest BCUT2D eigenvalue weighted by atomic mass is 10.3. The second kappa shape index (κ2) is 4.98. The largest absolute Gasteiger partial charge is 0.228 e. The minimum Gasteiger partial charge on any atom is -0.228 e. The van der Waals surface area contributed by atoms with Crippen molar-refractivity contribution in [3.05, 3.63) is 41.9 Å². The van der Waals surface area contributed by atoms with Crippen molar-refractivity contribution in [2.24, 2.45) is 0 Å². The van der Waals surface area contributed by atoms with Crippen LogP contribution in [0.5, 0.6) is 0 Å². The van der Waals surface area contributed by atoms with Crippen molar-refractivity contribution in [1.82, 2.24) is 15.0 Å². The normalized spacial score (nSPS) is 12.5. The van der Waals surface area contributed by atoms with Gasteiger partial charge in [0.1, 0.15) is 11.4 Å². The number of hydrogen-bond acceptors (Lipinski definition) is 6. The number of nitrogens with zero attached hydrogens (tertiary/aromatic N) is 3. The fourth-order valence-corrected chi connectivity index (χ4v) is 2.68. The highest BCUT2D eigenvalue weighted by atomic mass is 32.2. The molecule has 0 atom stereocenters. The van der Waals surface area contributed by atoms with E-state index in [0.717, 1.165) is 18.3 Å². The van der Waals surface area contributed by atoms with Crippen LogP contribution < -0.4 is 0 Å². The van der Waals surface area contributed by atoms with E-state index in [-0.39, 0.29) is 10.6 Å². The molecule has 0 spiro atoms. The first-order chi connectivity index (χ1) is 9.15. The van der Waals surface area contributed by atoms with Gasteiger partial charge in [-0.15, -0.1) is 0 Å². The molecule has 0 bridgehead atoms. The molecule has 0 amide bonds. The predicted molar refractivity (Wildman–Crippen MR) is 72.7 cm³/mol. The van der Waals surface area contributed by atoms with Crippen LogP contribution in [-0.4, -0.2) is 44.3 Å². The van der Waals surface area contributed by atoms with E-state index < -0.39 is 19.7 Å². The molecule has 20 heavy (non-hydrogen) atoms. The third-order valence-electron chi connectivity index (χ3n) is 2.34. The number of benzene rings is 1. The lowest BCUT2D eigenvalue weighted by Crippen LogP contribution is -2.03. The zero-order valence-electron chi connectivity index (χ0n) is 10.8. The van der Waals surface area contributed by atoms with Crippen LogP contribution in [0.15, 0.2) is 35.4 Å². The van der Waals surface area contributed by atoms with Gasteiger partial charge in [0.2, 0.25) is 0 Å². The molecule has 0 aliphatic carbocycles. The van der Waals surface area contributed by atoms with Crippen molar-refractivity contribution in [3.8, 4) is 5.69 Å². The summed E-state index contributed by atoms with van der Waals surface area (Å²) in [5, 5.41) is 7.90. The Morgan fingerprint density at radius 1 is 1.05 bits per heavy atom. The molecule has 0 N–H and O–H groups in total. The van der Waals surface area contributed by atoms with E-state index in [1.807, 2.05) is 0 Å². The Labute approximate surface area is 117 Å². The van der Waals surface area contributed by atoms with Gasteiger partial charge in [-0.05, 0) is 24.3 Å². The monoisotopic (exact) mass is 314 g/mol. The van der Waals surface area contributed by atoms with Gasteiger partial charge in [0, 0.05) is 12.5 Å². The summed E-state index contributed by atoms with van der Waals surface area (Å²) in [6.07, 6.45) is 3.49. The van der Waals surface area contributed by atoms with E-state index in [0.29, 0.717) is 5.69 Å². The van der Waals surface area contributed by atoms with Gasteiger partial charge in [0.05, 0.1) is 16.8 Å². The van der Waals surface area contributed by atoms with E-state index in [9.17, 15) is 16.8 Å². The van der Waals surface area contributed by atoms with Gasteiger partial charge < -0.3 is 0 Å². The molecular formula is C11H12N3O4S2. The smallest absolute Gasteiger partial charge is 0.175 e. The molecule has 7 nitrogen and oxygen atoms in total. The van der Waals surface area contributed by atoms with Gasteiger partial charge in [0.15, 0.2) is 19.7 Å². The van der Waals surface area contributed by atoms with Crippen LogP contribution in [0, 0.1) is 5.75 Å². The second-order valence-corrected chi connectivity index (χ2v) is 8.18. The Morgan fingerprint density at radius 2 is 1.65 bits per heavy atom. The average molecular weight is 314 g/mol. The Morgan fingerprint density at radius 3 is 2.15 bits per heavy atom. The van der Waals surface area contributed by atoms with Gasteiger partial charge >= 0.3 is 0 Å². The van der Waals surface area contributed by atoms with Crippen LogP contribution in [0.2, 0.25) is 0 Å². The molecule has 1 aromatic heterocycles. The van der Waals surface area contributed by atoms with E-state index in [2.05, 4.69) is 10.2 Å². The molecule has 1 heterocycles. The Kier molecular flexibility index (Phi) is 3.65. The van der Waals surface area contributed by atoms with Gasteiger partial charge in [-0.25, -0.2) is 16.8 Å². The predicted octanol–water partition coefficient (Wildman–Crippen LogP) is 0.225. The maximum atomic E-state index is 11.3. The third-order valence-corrected chi connectivity index (χ3v) is 4.14. The summed E-state index contributed by atoms with van der Waals surface area (Å²) in [5.41, 5.74) is 0.741. The fraction of sp³-hybridized carbons (Fsp3) is 0.182. The summed E-state index contributed by atoms with van der Waals surface area (Å²) in [6.45, 7) is 0. The molecular weight excluding hydrogens is 302 g/mol. The molecule has 0 aliphatic rings. The van der Waals surface area contributed by atoms with Crippen molar-refractivity contribution in [1.29, 1.82) is 0 Å². The average Bonchev–Trinajstić information content (AvgIpc) is 2.74. The maximum Gasteiger partial charge on any atom is 0.175 e. The van der Waals surface area contributed by atoms with Crippen LogP contribution in [-0.2, 0) is 19.7 Å². The van der Waals surface area contributed by atoms with Crippen LogP contribution >= 0.6 is 0 Å². The van der Waals surface area contributed by atoms with Crippen LogP contribution in [0.4, 0.5) is 0 Å². The highest BCUT2D eigenvalue weighted by Gasteiger charge is 2.11. The first kappa shape index (κ1) is 14.7. The number of sulfone groups is 2. The van der Waals surface area contributed by atoms with Gasteiger partial charge in [-0.2, -0.15) is 15.0 Å². The topological polar surface area (TPSA) is 99.0 Å². The molecule has 0 fully saturated rings. The molecule has 1 aromatic carbocycles. The fourth-order valence-electron chi connectivity index (χ4n) is 1.50. The van der Waals surface area contributed by atoms with Crippen LogP contribution in [0.3, 0.4) is 0 Å². The minimum absolute atomic E-state index is 0.191. The summed E-state index contributed by atoms with van der Waals surface area (Å²) < 4.78 is 44.9. The van der Waals surface area contributed by atoms with Gasteiger partial charge in [-0.3, -0.25) is 0 Å². The Hall–Kier alpha value is -1.74. The van der Waals surface area contributed by atoms with Crippen LogP contribution in [0.1, 0.15) is 5.69 Å². The highest BCUT2D eigenvalue weighted by Crippen LogP contribution is 2.13. The van der Waals surface area contributed by atoms with Crippen LogP contribution in [0.25, 0.3) is 5.69 Å². The molecule has 0 unspecified atom stereocenters. The lowest BCUT2D eigenvalue weighted by Gasteiger charge is -2.01. The quantitative estimate of drug-likeness (QED) is 0.801. The molecule has 0 saturated heterocycles. The Bertz CT molecular complexity index is 821. The van der Waals surface area contributed by atoms with Crippen molar-refractivity contribution in [3.63, 3.8) is 0 Å². The summed E-state index contributed by atoms with van der Waals surface area (Å²) in [4.78, 5) is 1.42. The maximum absolute atomic E-state index is 11.3. The summed E-state index contributed by atoms with van der Waals surface area (Å²) >= 11 is 0. The molecule has 107 valence electrons. The Balaban J connectivity index is 2.29. The third kappa shape index (κ3) is 3.64.